The highest BCUT2D eigenvalue weighted by molar-refractivity contribution is 7.99. The van der Waals surface area contributed by atoms with Crippen LogP contribution in [0.2, 0.25) is 0 Å². The lowest BCUT2D eigenvalue weighted by Gasteiger charge is -2.20. The largest absolute Gasteiger partial charge is 0.368 e. The minimum Gasteiger partial charge on any atom is -0.368 e. The molecule has 1 atom stereocenters. The molecule has 1 unspecified atom stereocenters. The van der Waals surface area contributed by atoms with Gasteiger partial charge in [-0.1, -0.05) is 62.9 Å². The third kappa shape index (κ3) is 6.41. The van der Waals surface area contributed by atoms with Gasteiger partial charge in [-0.3, -0.25) is 9.36 Å². The van der Waals surface area contributed by atoms with Gasteiger partial charge >= 0.3 is 0 Å². The van der Waals surface area contributed by atoms with Crippen LogP contribution >= 0.6 is 11.8 Å². The van der Waals surface area contributed by atoms with Crippen LogP contribution in [0, 0.1) is 0 Å². The lowest BCUT2D eigenvalue weighted by Crippen LogP contribution is -2.30. The standard InChI is InChI=1S/C24H32N6O3S2/c1-4-21(30-23(25)27-28-24(30)34-17-16-18-10-8-7-9-11-18)22(31)26-19-12-14-20(15-13-19)35(32,33)29(5-2)6-3/h7-15,21H,4-6,16-17H2,1-3H3,(H2,25,27)(H,26,31). The van der Waals surface area contributed by atoms with Gasteiger partial charge in [-0.25, -0.2) is 8.42 Å². The van der Waals surface area contributed by atoms with E-state index in [1.165, 1.54) is 33.8 Å². The van der Waals surface area contributed by atoms with Crippen LogP contribution in [-0.2, 0) is 21.2 Å². The summed E-state index contributed by atoms with van der Waals surface area (Å²) in [6, 6.07) is 15.7. The number of aryl methyl sites for hydroxylation is 1. The molecule has 35 heavy (non-hydrogen) atoms. The summed E-state index contributed by atoms with van der Waals surface area (Å²) in [5, 5.41) is 11.6. The molecule has 0 radical (unpaired) electrons. The Bertz CT molecular complexity index is 1210. The van der Waals surface area contributed by atoms with Crippen molar-refractivity contribution in [1.82, 2.24) is 19.1 Å². The summed E-state index contributed by atoms with van der Waals surface area (Å²) in [5.74, 6) is 0.668. The second-order valence-electron chi connectivity index (χ2n) is 7.82. The lowest BCUT2D eigenvalue weighted by molar-refractivity contribution is -0.119. The van der Waals surface area contributed by atoms with Gasteiger partial charge in [-0.2, -0.15) is 4.31 Å². The van der Waals surface area contributed by atoms with Crippen LogP contribution in [0.3, 0.4) is 0 Å². The van der Waals surface area contributed by atoms with E-state index in [4.69, 9.17) is 5.73 Å². The Morgan fingerprint density at radius 1 is 1.06 bits per heavy atom. The first-order valence-electron chi connectivity index (χ1n) is 11.6. The monoisotopic (exact) mass is 516 g/mol. The van der Waals surface area contributed by atoms with E-state index in [0.29, 0.717) is 30.4 Å². The van der Waals surface area contributed by atoms with Gasteiger partial charge in [0.2, 0.25) is 21.9 Å². The Labute approximate surface area is 211 Å². The number of benzene rings is 2. The average Bonchev–Trinajstić information content (AvgIpc) is 3.21. The summed E-state index contributed by atoms with van der Waals surface area (Å²) in [4.78, 5) is 13.3. The van der Waals surface area contributed by atoms with Crippen molar-refractivity contribution in [3.05, 3.63) is 60.2 Å². The number of thioether (sulfide) groups is 1. The zero-order chi connectivity index (χ0) is 25.4. The van der Waals surface area contributed by atoms with E-state index in [2.05, 4.69) is 27.6 Å². The van der Waals surface area contributed by atoms with E-state index < -0.39 is 16.1 Å². The number of nitrogen functional groups attached to an aromatic ring is 1. The molecule has 2 aromatic carbocycles. The van der Waals surface area contributed by atoms with Crippen molar-refractivity contribution in [2.75, 3.05) is 29.9 Å². The Morgan fingerprint density at radius 3 is 2.31 bits per heavy atom. The molecule has 0 aliphatic rings. The van der Waals surface area contributed by atoms with Crippen LogP contribution < -0.4 is 11.1 Å². The molecule has 188 valence electrons. The van der Waals surface area contributed by atoms with Crippen molar-refractivity contribution < 1.29 is 13.2 Å². The van der Waals surface area contributed by atoms with Crippen LogP contribution in [-0.4, -0.2) is 52.2 Å². The number of hydrogen-bond donors (Lipinski definition) is 2. The fraction of sp³-hybridized carbons (Fsp3) is 0.375. The predicted octanol–water partition coefficient (Wildman–Crippen LogP) is 3.82. The van der Waals surface area contributed by atoms with Crippen LogP contribution in [0.25, 0.3) is 0 Å². The number of amides is 1. The molecule has 3 rings (SSSR count). The van der Waals surface area contributed by atoms with Crippen molar-refractivity contribution >= 4 is 39.3 Å². The quantitative estimate of drug-likeness (QED) is 0.351. The third-order valence-electron chi connectivity index (χ3n) is 5.62. The molecule has 0 fully saturated rings. The van der Waals surface area contributed by atoms with Gasteiger partial charge < -0.3 is 11.1 Å². The lowest BCUT2D eigenvalue weighted by atomic mass is 10.2. The van der Waals surface area contributed by atoms with E-state index >= 15 is 0 Å². The number of nitrogens with two attached hydrogens (primary N) is 1. The second kappa shape index (κ2) is 12.2. The minimum atomic E-state index is -3.56. The van der Waals surface area contributed by atoms with E-state index in [1.807, 2.05) is 25.1 Å². The zero-order valence-electron chi connectivity index (χ0n) is 20.2. The summed E-state index contributed by atoms with van der Waals surface area (Å²) in [6.45, 7) is 6.27. The summed E-state index contributed by atoms with van der Waals surface area (Å²) in [6.07, 6.45) is 1.33. The molecular formula is C24H32N6O3S2. The molecule has 0 saturated heterocycles. The van der Waals surface area contributed by atoms with E-state index in [9.17, 15) is 13.2 Å². The van der Waals surface area contributed by atoms with Gasteiger partial charge in [0.25, 0.3) is 0 Å². The topological polar surface area (TPSA) is 123 Å². The fourth-order valence-electron chi connectivity index (χ4n) is 3.72. The first kappa shape index (κ1) is 26.7. The number of anilines is 2. The number of rotatable bonds is 12. The smallest absolute Gasteiger partial charge is 0.247 e. The van der Waals surface area contributed by atoms with Gasteiger partial charge in [-0.15, -0.1) is 10.2 Å². The van der Waals surface area contributed by atoms with Gasteiger partial charge in [-0.05, 0) is 42.7 Å². The van der Waals surface area contributed by atoms with Gasteiger partial charge in [0.1, 0.15) is 6.04 Å². The molecule has 3 aromatic rings. The van der Waals surface area contributed by atoms with E-state index in [1.54, 1.807) is 30.5 Å². The normalized spacial score (nSPS) is 12.6. The molecule has 0 saturated carbocycles. The van der Waals surface area contributed by atoms with Crippen molar-refractivity contribution in [3.8, 4) is 0 Å². The highest BCUT2D eigenvalue weighted by Gasteiger charge is 2.26. The third-order valence-corrected chi connectivity index (χ3v) is 8.63. The fourth-order valence-corrected chi connectivity index (χ4v) is 6.15. The summed E-state index contributed by atoms with van der Waals surface area (Å²) in [7, 11) is -3.56. The van der Waals surface area contributed by atoms with Gasteiger partial charge in [0.15, 0.2) is 5.16 Å². The maximum absolute atomic E-state index is 13.1. The summed E-state index contributed by atoms with van der Waals surface area (Å²) in [5.41, 5.74) is 7.79. The number of aromatic nitrogens is 3. The highest BCUT2D eigenvalue weighted by atomic mass is 32.2. The SMILES string of the molecule is CCC(C(=O)Nc1ccc(S(=O)(=O)N(CC)CC)cc1)n1c(N)nnc1SCCc1ccccc1. The first-order valence-corrected chi connectivity index (χ1v) is 14.0. The molecule has 1 heterocycles. The summed E-state index contributed by atoms with van der Waals surface area (Å²) < 4.78 is 28.4. The van der Waals surface area contributed by atoms with Crippen molar-refractivity contribution in [2.45, 2.75) is 49.7 Å². The summed E-state index contributed by atoms with van der Waals surface area (Å²) >= 11 is 1.50. The molecule has 11 heteroatoms. The maximum atomic E-state index is 13.1. The number of nitrogens with one attached hydrogen (secondary N) is 1. The Kier molecular flexibility index (Phi) is 9.30. The molecule has 1 amide bonds. The van der Waals surface area contributed by atoms with Gasteiger partial charge in [0.05, 0.1) is 4.90 Å². The Hall–Kier alpha value is -2.89. The van der Waals surface area contributed by atoms with Crippen LogP contribution in [0.1, 0.15) is 38.8 Å². The predicted molar refractivity (Wildman–Crippen MR) is 140 cm³/mol. The van der Waals surface area contributed by atoms with Crippen molar-refractivity contribution in [3.63, 3.8) is 0 Å². The average molecular weight is 517 g/mol. The molecule has 0 spiro atoms. The maximum Gasteiger partial charge on any atom is 0.247 e. The molecule has 0 bridgehead atoms. The van der Waals surface area contributed by atoms with Crippen molar-refractivity contribution in [1.29, 1.82) is 0 Å². The number of carbonyl (C=O) groups is 1. The molecule has 1 aromatic heterocycles. The molecule has 0 aliphatic heterocycles. The molecule has 9 nitrogen and oxygen atoms in total. The van der Waals surface area contributed by atoms with Crippen LogP contribution in [0.15, 0.2) is 64.6 Å². The number of nitrogens with zero attached hydrogens (tertiary/aromatic N) is 4. The minimum absolute atomic E-state index is 0.176. The first-order chi connectivity index (χ1) is 16.8. The molecule has 3 N–H and O–H groups in total. The Morgan fingerprint density at radius 2 is 1.71 bits per heavy atom. The van der Waals surface area contributed by atoms with E-state index in [-0.39, 0.29) is 16.8 Å². The second-order valence-corrected chi connectivity index (χ2v) is 10.8. The van der Waals surface area contributed by atoms with Gasteiger partial charge in [0, 0.05) is 24.5 Å². The number of sulfonamides is 1. The van der Waals surface area contributed by atoms with Crippen molar-refractivity contribution in [2.24, 2.45) is 0 Å². The molecule has 0 aliphatic carbocycles. The van der Waals surface area contributed by atoms with E-state index in [0.717, 1.165) is 12.2 Å². The Balaban J connectivity index is 1.71. The number of carbonyl (C=O) groups excluding carboxylic acids is 1. The highest BCUT2D eigenvalue weighted by Crippen LogP contribution is 2.27. The van der Waals surface area contributed by atoms with Crippen LogP contribution in [0.5, 0.6) is 0 Å². The zero-order valence-corrected chi connectivity index (χ0v) is 21.8. The van der Waals surface area contributed by atoms with Crippen LogP contribution in [0.4, 0.5) is 11.6 Å². The number of hydrogen-bond acceptors (Lipinski definition) is 7. The molecular weight excluding hydrogens is 484 g/mol.